The Hall–Kier alpha value is -1.14. The van der Waals surface area contributed by atoms with E-state index < -0.39 is 11.4 Å². The third-order valence-electron chi connectivity index (χ3n) is 3.44. The quantitative estimate of drug-likeness (QED) is 0.315. The highest BCUT2D eigenvalue weighted by Crippen LogP contribution is 2.25. The number of nitrogens with one attached hydrogen (secondary N) is 2. The van der Waals surface area contributed by atoms with E-state index >= 15 is 0 Å². The molecule has 0 aromatic carbocycles. The van der Waals surface area contributed by atoms with E-state index in [-0.39, 0.29) is 12.3 Å². The van der Waals surface area contributed by atoms with Crippen molar-refractivity contribution in [3.05, 3.63) is 0 Å². The summed E-state index contributed by atoms with van der Waals surface area (Å²) in [6.07, 6.45) is 6.29. The van der Waals surface area contributed by atoms with Crippen LogP contribution < -0.4 is 16.5 Å². The second-order valence-electron chi connectivity index (χ2n) is 4.96. The fourth-order valence-electron chi connectivity index (χ4n) is 2.25. The van der Waals surface area contributed by atoms with Crippen molar-refractivity contribution in [2.45, 2.75) is 56.9 Å². The maximum atomic E-state index is 11.9. The first-order valence-corrected chi connectivity index (χ1v) is 6.58. The van der Waals surface area contributed by atoms with Gasteiger partial charge in [0.15, 0.2) is 0 Å². The normalized spacial score (nSPS) is 18.1. The smallest absolute Gasteiger partial charge is 0.243 e. The molecular weight excluding hydrogens is 234 g/mol. The fourth-order valence-corrected chi connectivity index (χ4v) is 2.25. The number of amides is 2. The van der Waals surface area contributed by atoms with Crippen LogP contribution in [0.1, 0.15) is 51.4 Å². The molecule has 2 amide bonds. The minimum Gasteiger partial charge on any atom is -0.355 e. The summed E-state index contributed by atoms with van der Waals surface area (Å²) in [7, 11) is 0. The summed E-state index contributed by atoms with van der Waals surface area (Å²) in [4.78, 5) is 22.7. The van der Waals surface area contributed by atoms with E-state index in [9.17, 15) is 9.59 Å². The molecule has 0 saturated heterocycles. The van der Waals surface area contributed by atoms with Gasteiger partial charge in [-0.2, -0.15) is 0 Å². The highest BCUT2D eigenvalue weighted by molar-refractivity contribution is 5.86. The SMILES string of the molecule is NC1(C(=O)NCCCCC(=O)NO)CCCCC1. The lowest BCUT2D eigenvalue weighted by atomic mass is 9.82. The van der Waals surface area contributed by atoms with Crippen molar-refractivity contribution < 1.29 is 14.8 Å². The number of rotatable bonds is 6. The Morgan fingerprint density at radius 3 is 2.44 bits per heavy atom. The molecule has 6 nitrogen and oxygen atoms in total. The highest BCUT2D eigenvalue weighted by atomic mass is 16.5. The molecule has 104 valence electrons. The molecule has 0 atom stereocenters. The molecule has 1 aliphatic carbocycles. The molecule has 18 heavy (non-hydrogen) atoms. The van der Waals surface area contributed by atoms with E-state index in [1.54, 1.807) is 5.48 Å². The lowest BCUT2D eigenvalue weighted by molar-refractivity contribution is -0.129. The van der Waals surface area contributed by atoms with E-state index in [0.717, 1.165) is 32.1 Å². The van der Waals surface area contributed by atoms with Gasteiger partial charge in [-0.15, -0.1) is 0 Å². The van der Waals surface area contributed by atoms with Crippen LogP contribution in [-0.2, 0) is 9.59 Å². The van der Waals surface area contributed by atoms with Gasteiger partial charge in [0.1, 0.15) is 0 Å². The molecule has 0 spiro atoms. The van der Waals surface area contributed by atoms with Gasteiger partial charge in [0.2, 0.25) is 11.8 Å². The third-order valence-corrected chi connectivity index (χ3v) is 3.44. The second kappa shape index (κ2) is 7.33. The molecule has 0 aromatic heterocycles. The number of hydrogen-bond donors (Lipinski definition) is 4. The van der Waals surface area contributed by atoms with Gasteiger partial charge in [0.25, 0.3) is 0 Å². The van der Waals surface area contributed by atoms with Gasteiger partial charge in [0.05, 0.1) is 5.54 Å². The number of nitrogens with two attached hydrogens (primary N) is 1. The van der Waals surface area contributed by atoms with Crippen LogP contribution >= 0.6 is 0 Å². The van der Waals surface area contributed by atoms with Gasteiger partial charge in [-0.25, -0.2) is 5.48 Å². The van der Waals surface area contributed by atoms with E-state index in [1.807, 2.05) is 0 Å². The largest absolute Gasteiger partial charge is 0.355 e. The van der Waals surface area contributed by atoms with Crippen LogP contribution in [0, 0.1) is 0 Å². The third kappa shape index (κ3) is 4.62. The van der Waals surface area contributed by atoms with Crippen LogP contribution in [0.2, 0.25) is 0 Å². The Morgan fingerprint density at radius 1 is 1.17 bits per heavy atom. The molecule has 0 aromatic rings. The van der Waals surface area contributed by atoms with E-state index in [2.05, 4.69) is 5.32 Å². The highest BCUT2D eigenvalue weighted by Gasteiger charge is 2.34. The summed E-state index contributed by atoms with van der Waals surface area (Å²) in [6.45, 7) is 0.524. The van der Waals surface area contributed by atoms with Crippen molar-refractivity contribution >= 4 is 11.8 Å². The standard InChI is InChI=1S/C12H23N3O3/c13-12(7-3-1-4-8-12)11(17)14-9-5-2-6-10(16)15-18/h18H,1-9,13H2,(H,14,17)(H,15,16). The predicted octanol–water partition coefficient (Wildman–Crippen LogP) is 0.440. The van der Waals surface area contributed by atoms with Gasteiger partial charge in [-0.3, -0.25) is 14.8 Å². The lowest BCUT2D eigenvalue weighted by Gasteiger charge is -2.31. The average molecular weight is 257 g/mol. The van der Waals surface area contributed by atoms with E-state index in [4.69, 9.17) is 10.9 Å². The van der Waals surface area contributed by atoms with Crippen molar-refractivity contribution in [3.63, 3.8) is 0 Å². The van der Waals surface area contributed by atoms with Crippen LogP contribution in [0.5, 0.6) is 0 Å². The molecule has 0 unspecified atom stereocenters. The number of unbranched alkanes of at least 4 members (excludes halogenated alkanes) is 1. The summed E-state index contributed by atoms with van der Waals surface area (Å²) in [5.41, 5.74) is 6.96. The lowest BCUT2D eigenvalue weighted by Crippen LogP contribution is -2.55. The molecular formula is C12H23N3O3. The molecule has 0 heterocycles. The minimum absolute atomic E-state index is 0.0752. The Morgan fingerprint density at radius 2 is 1.83 bits per heavy atom. The van der Waals surface area contributed by atoms with Crippen molar-refractivity contribution in [1.82, 2.24) is 10.8 Å². The summed E-state index contributed by atoms with van der Waals surface area (Å²) >= 11 is 0. The zero-order valence-corrected chi connectivity index (χ0v) is 10.7. The van der Waals surface area contributed by atoms with E-state index in [1.165, 1.54) is 0 Å². The molecule has 1 fully saturated rings. The molecule has 1 aliphatic rings. The van der Waals surface area contributed by atoms with Crippen LogP contribution in [-0.4, -0.2) is 29.1 Å². The van der Waals surface area contributed by atoms with Crippen molar-refractivity contribution in [3.8, 4) is 0 Å². The molecule has 5 N–H and O–H groups in total. The predicted molar refractivity (Wildman–Crippen MR) is 66.8 cm³/mol. The Kier molecular flexibility index (Phi) is 6.07. The molecule has 1 rings (SSSR count). The number of hydroxylamine groups is 1. The van der Waals surface area contributed by atoms with Crippen LogP contribution in [0.25, 0.3) is 0 Å². The zero-order valence-electron chi connectivity index (χ0n) is 10.7. The fraction of sp³-hybridized carbons (Fsp3) is 0.833. The molecule has 0 bridgehead atoms. The first-order valence-electron chi connectivity index (χ1n) is 6.58. The minimum atomic E-state index is -0.694. The van der Waals surface area contributed by atoms with Gasteiger partial charge in [-0.1, -0.05) is 19.3 Å². The first-order chi connectivity index (χ1) is 8.58. The van der Waals surface area contributed by atoms with Crippen molar-refractivity contribution in [2.24, 2.45) is 5.73 Å². The van der Waals surface area contributed by atoms with Crippen molar-refractivity contribution in [2.75, 3.05) is 6.54 Å². The van der Waals surface area contributed by atoms with Crippen LogP contribution in [0.15, 0.2) is 0 Å². The number of hydrogen-bond acceptors (Lipinski definition) is 4. The summed E-state index contributed by atoms with van der Waals surface area (Å²) in [5, 5.41) is 11.1. The first kappa shape index (κ1) is 14.9. The van der Waals surface area contributed by atoms with Gasteiger partial charge < -0.3 is 11.1 Å². The number of carbonyl (C=O) groups excluding carboxylic acids is 2. The Balaban J connectivity index is 2.14. The molecule has 6 heteroatoms. The van der Waals surface area contributed by atoms with Crippen LogP contribution in [0.3, 0.4) is 0 Å². The number of carbonyl (C=O) groups is 2. The maximum absolute atomic E-state index is 11.9. The molecule has 0 aliphatic heterocycles. The zero-order chi connectivity index (χ0) is 13.4. The Bertz CT molecular complexity index is 288. The van der Waals surface area contributed by atoms with E-state index in [0.29, 0.717) is 19.4 Å². The van der Waals surface area contributed by atoms with Crippen LogP contribution in [0.4, 0.5) is 0 Å². The Labute approximate surface area is 107 Å². The summed E-state index contributed by atoms with van der Waals surface area (Å²) < 4.78 is 0. The average Bonchev–Trinajstić information content (AvgIpc) is 2.38. The van der Waals surface area contributed by atoms with Gasteiger partial charge in [-0.05, 0) is 25.7 Å². The van der Waals surface area contributed by atoms with Crippen molar-refractivity contribution in [1.29, 1.82) is 0 Å². The summed E-state index contributed by atoms with van der Waals surface area (Å²) in [5.74, 6) is -0.474. The van der Waals surface area contributed by atoms with Gasteiger partial charge in [0, 0.05) is 13.0 Å². The molecule has 0 radical (unpaired) electrons. The molecule has 1 saturated carbocycles. The monoisotopic (exact) mass is 257 g/mol. The summed E-state index contributed by atoms with van der Waals surface area (Å²) in [6, 6.07) is 0. The second-order valence-corrected chi connectivity index (χ2v) is 4.96. The topological polar surface area (TPSA) is 104 Å². The van der Waals surface area contributed by atoms with Gasteiger partial charge >= 0.3 is 0 Å². The maximum Gasteiger partial charge on any atom is 0.243 e.